The zero-order valence-corrected chi connectivity index (χ0v) is 26.7. The molecule has 10 rings (SSSR count). The van der Waals surface area contributed by atoms with E-state index in [4.69, 9.17) is 23.8 Å². The number of fused-ring (bicyclic) bond motifs is 7. The topological polar surface area (TPSA) is 65.0 Å². The summed E-state index contributed by atoms with van der Waals surface area (Å²) >= 11 is 0. The molecule has 5 nitrogen and oxygen atoms in total. The Morgan fingerprint density at radius 2 is 1.29 bits per heavy atom. The molecule has 0 saturated carbocycles. The monoisotopic (exact) mass is 631 g/mol. The van der Waals surface area contributed by atoms with Crippen molar-refractivity contribution in [1.82, 2.24) is 15.0 Å². The molecular weight excluding hydrogens is 603 g/mol. The number of allylic oxidation sites excluding steroid dienone is 1. The molecule has 0 spiro atoms. The summed E-state index contributed by atoms with van der Waals surface area (Å²) in [5.41, 5.74) is 6.98. The maximum Gasteiger partial charge on any atom is 0.163 e. The predicted octanol–water partition coefficient (Wildman–Crippen LogP) is 11.4. The molecule has 49 heavy (non-hydrogen) atoms. The van der Waals surface area contributed by atoms with E-state index in [0.717, 1.165) is 71.9 Å². The molecule has 0 radical (unpaired) electrons. The highest BCUT2D eigenvalue weighted by Gasteiger charge is 2.40. The maximum absolute atomic E-state index is 6.63. The Hall–Kier alpha value is -6.33. The van der Waals surface area contributed by atoms with Crippen molar-refractivity contribution in [3.8, 4) is 33.9 Å². The number of rotatable bonds is 4. The van der Waals surface area contributed by atoms with E-state index in [0.29, 0.717) is 23.9 Å². The molecule has 0 amide bonds. The first-order chi connectivity index (χ1) is 24.1. The van der Waals surface area contributed by atoms with Crippen molar-refractivity contribution in [3.05, 3.63) is 157 Å². The average molecular weight is 632 g/mol. The van der Waals surface area contributed by atoms with Gasteiger partial charge in [-0.25, -0.2) is 15.0 Å². The average Bonchev–Trinajstić information content (AvgIpc) is 3.74. The minimum absolute atomic E-state index is 0.620. The highest BCUT2D eigenvalue weighted by Crippen LogP contribution is 2.49. The van der Waals surface area contributed by atoms with E-state index in [2.05, 4.69) is 116 Å². The maximum atomic E-state index is 6.63. The Bertz CT molecular complexity index is 2770. The first-order valence-corrected chi connectivity index (χ1v) is 16.6. The highest BCUT2D eigenvalue weighted by atomic mass is 16.3. The van der Waals surface area contributed by atoms with Crippen molar-refractivity contribution in [1.29, 1.82) is 0 Å². The number of nitrogens with zero attached hydrogens (tertiary/aromatic N) is 3. The molecule has 232 valence electrons. The van der Waals surface area contributed by atoms with Gasteiger partial charge in [-0.15, -0.1) is 0 Å². The second kappa shape index (κ2) is 10.6. The van der Waals surface area contributed by atoms with Crippen LogP contribution in [0.5, 0.6) is 0 Å². The normalized spacial score (nSPS) is 15.8. The second-order valence-corrected chi connectivity index (χ2v) is 13.0. The minimum Gasteiger partial charge on any atom is -0.456 e. The van der Waals surface area contributed by atoms with Crippen LogP contribution in [0.15, 0.2) is 148 Å². The fraction of sp³-hybridized carbons (Fsp3) is 0.0682. The number of hydrogen-bond donors (Lipinski definition) is 0. The number of para-hydroxylation sites is 2. The van der Waals surface area contributed by atoms with Crippen molar-refractivity contribution >= 4 is 49.8 Å². The highest BCUT2D eigenvalue weighted by molar-refractivity contribution is 6.12. The third-order valence-corrected chi connectivity index (χ3v) is 9.95. The molecule has 0 fully saturated rings. The molecule has 5 heteroatoms. The van der Waals surface area contributed by atoms with Crippen LogP contribution in [0.4, 0.5) is 0 Å². The van der Waals surface area contributed by atoms with Gasteiger partial charge in [0.2, 0.25) is 0 Å². The fourth-order valence-corrected chi connectivity index (χ4v) is 7.52. The molecule has 3 heterocycles. The van der Waals surface area contributed by atoms with Gasteiger partial charge in [-0.05, 0) is 54.0 Å². The Morgan fingerprint density at radius 3 is 2.18 bits per heavy atom. The third-order valence-electron chi connectivity index (χ3n) is 9.95. The summed E-state index contributed by atoms with van der Waals surface area (Å²) in [6.45, 7) is 2.23. The lowest BCUT2D eigenvalue weighted by atomic mass is 9.73. The van der Waals surface area contributed by atoms with Crippen LogP contribution in [-0.4, -0.2) is 15.0 Å². The summed E-state index contributed by atoms with van der Waals surface area (Å²) in [6, 6.07) is 45.8. The number of hydrogen-bond acceptors (Lipinski definition) is 5. The summed E-state index contributed by atoms with van der Waals surface area (Å²) < 4.78 is 13.2. The van der Waals surface area contributed by atoms with E-state index in [-0.39, 0.29) is 0 Å². The van der Waals surface area contributed by atoms with Gasteiger partial charge in [0.05, 0.1) is 5.41 Å². The molecule has 3 aromatic heterocycles. The van der Waals surface area contributed by atoms with Gasteiger partial charge in [0.15, 0.2) is 11.6 Å². The van der Waals surface area contributed by atoms with Gasteiger partial charge in [-0.3, -0.25) is 0 Å². The van der Waals surface area contributed by atoms with Gasteiger partial charge in [0.25, 0.3) is 0 Å². The zero-order valence-electron chi connectivity index (χ0n) is 26.7. The minimum atomic E-state index is -0.620. The van der Waals surface area contributed by atoms with Crippen LogP contribution in [0.25, 0.3) is 83.7 Å². The van der Waals surface area contributed by atoms with Crippen molar-refractivity contribution < 1.29 is 8.83 Å². The van der Waals surface area contributed by atoms with Crippen molar-refractivity contribution in [2.24, 2.45) is 0 Å². The van der Waals surface area contributed by atoms with Crippen LogP contribution in [-0.2, 0) is 5.41 Å². The van der Waals surface area contributed by atoms with Crippen LogP contribution < -0.4 is 0 Å². The summed E-state index contributed by atoms with van der Waals surface area (Å²) in [4.78, 5) is 15.6. The number of aromatic nitrogens is 3. The Balaban J connectivity index is 1.23. The molecular formula is C44H29N3O2. The summed E-state index contributed by atoms with van der Waals surface area (Å²) in [5, 5.41) is 5.56. The van der Waals surface area contributed by atoms with Crippen LogP contribution >= 0.6 is 0 Å². The van der Waals surface area contributed by atoms with Crippen molar-refractivity contribution in [2.75, 3.05) is 0 Å². The quantitative estimate of drug-likeness (QED) is 0.193. The Kier molecular flexibility index (Phi) is 6.00. The largest absolute Gasteiger partial charge is 0.456 e. The molecule has 1 unspecified atom stereocenters. The Labute approximate surface area is 282 Å². The molecule has 9 aromatic rings. The second-order valence-electron chi connectivity index (χ2n) is 13.0. The van der Waals surface area contributed by atoms with Gasteiger partial charge in [-0.2, -0.15) is 0 Å². The lowest BCUT2D eigenvalue weighted by molar-refractivity contribution is 0.509. The molecule has 1 atom stereocenters. The van der Waals surface area contributed by atoms with Crippen LogP contribution in [0, 0.1) is 0 Å². The van der Waals surface area contributed by atoms with Crippen molar-refractivity contribution in [2.45, 2.75) is 18.8 Å². The number of benzene rings is 6. The van der Waals surface area contributed by atoms with E-state index in [1.54, 1.807) is 0 Å². The van der Waals surface area contributed by atoms with E-state index < -0.39 is 5.41 Å². The Morgan fingerprint density at radius 1 is 0.571 bits per heavy atom. The summed E-state index contributed by atoms with van der Waals surface area (Å²) in [6.07, 6.45) is 4.96. The van der Waals surface area contributed by atoms with E-state index in [1.165, 1.54) is 5.39 Å². The summed E-state index contributed by atoms with van der Waals surface area (Å²) in [5.74, 6) is 2.81. The van der Waals surface area contributed by atoms with Crippen LogP contribution in [0.1, 0.15) is 30.5 Å². The fourth-order valence-electron chi connectivity index (χ4n) is 7.52. The van der Waals surface area contributed by atoms with Gasteiger partial charge < -0.3 is 8.83 Å². The standard InChI is InChI=1S/C44H29N3O2/c1-44(43-46-41(28-13-3-2-4-14-28)45-42(47-43)30-24-23-27-12-5-6-15-29(27)26-30)25-11-22-37-39(44)38-32(17-10-21-36(38)48-37)34-19-9-18-33-31-16-7-8-20-35(31)49-40(33)34/h2-24,26H,25H2,1H3. The SMILES string of the molecule is CC1(c2nc(-c3ccccc3)nc(-c3ccc4ccccc4c3)n2)CC=Cc2oc3cccc(-c4cccc5c4oc4ccccc45)c3c21. The molecule has 0 saturated heterocycles. The molecule has 1 aliphatic rings. The van der Waals surface area contributed by atoms with Crippen LogP contribution in [0.2, 0.25) is 0 Å². The van der Waals surface area contributed by atoms with Gasteiger partial charge in [0.1, 0.15) is 28.3 Å². The first-order valence-electron chi connectivity index (χ1n) is 16.6. The summed E-state index contributed by atoms with van der Waals surface area (Å²) in [7, 11) is 0. The lowest BCUT2D eigenvalue weighted by Crippen LogP contribution is -2.29. The van der Waals surface area contributed by atoms with E-state index in [9.17, 15) is 0 Å². The lowest BCUT2D eigenvalue weighted by Gasteiger charge is -2.30. The van der Waals surface area contributed by atoms with E-state index in [1.807, 2.05) is 36.4 Å². The number of furan rings is 2. The predicted molar refractivity (Wildman–Crippen MR) is 197 cm³/mol. The molecule has 0 N–H and O–H groups in total. The first kappa shape index (κ1) is 27.8. The molecule has 1 aliphatic carbocycles. The zero-order chi connectivity index (χ0) is 32.5. The molecule has 0 aliphatic heterocycles. The molecule has 0 bridgehead atoms. The smallest absolute Gasteiger partial charge is 0.163 e. The van der Waals surface area contributed by atoms with Crippen molar-refractivity contribution in [3.63, 3.8) is 0 Å². The van der Waals surface area contributed by atoms with Gasteiger partial charge >= 0.3 is 0 Å². The van der Waals surface area contributed by atoms with Gasteiger partial charge in [-0.1, -0.05) is 121 Å². The van der Waals surface area contributed by atoms with E-state index >= 15 is 0 Å². The van der Waals surface area contributed by atoms with Crippen LogP contribution in [0.3, 0.4) is 0 Å². The van der Waals surface area contributed by atoms with Gasteiger partial charge in [0, 0.05) is 38.4 Å². The molecule has 6 aromatic carbocycles. The third kappa shape index (κ3) is 4.29.